The molecule has 1 aromatic heterocycles. The molecular weight excluding hydrogens is 262 g/mol. The van der Waals surface area contributed by atoms with E-state index >= 15 is 0 Å². The van der Waals surface area contributed by atoms with Crippen molar-refractivity contribution in [3.8, 4) is 0 Å². The molecule has 2 heterocycles. The largest absolute Gasteiger partial charge is 0.341 e. The number of hydrogen-bond acceptors (Lipinski definition) is 3. The second-order valence-electron chi connectivity index (χ2n) is 6.40. The smallest absolute Gasteiger partial charge is 0.222 e. The standard InChI is InChI=1S/C17H25N3O/c21-17(8-7-14-3-1-9-18-11-14)20(12-15-5-6-15)13-16-4-2-10-19-16/h1,3,9,11,15-16,19H,2,4-8,10,12-13H2. The SMILES string of the molecule is O=C(CCc1cccnc1)N(CC1CC1)CC1CCCN1. The number of pyridine rings is 1. The van der Waals surface area contributed by atoms with Gasteiger partial charge in [-0.05, 0) is 56.2 Å². The summed E-state index contributed by atoms with van der Waals surface area (Å²) in [6.07, 6.45) is 10.1. The summed E-state index contributed by atoms with van der Waals surface area (Å²) in [7, 11) is 0. The van der Waals surface area contributed by atoms with Crippen LogP contribution >= 0.6 is 0 Å². The molecule has 0 bridgehead atoms. The van der Waals surface area contributed by atoms with Crippen molar-refractivity contribution in [2.75, 3.05) is 19.6 Å². The van der Waals surface area contributed by atoms with Gasteiger partial charge in [-0.2, -0.15) is 0 Å². The normalized spacial score (nSPS) is 21.4. The van der Waals surface area contributed by atoms with Crippen molar-refractivity contribution < 1.29 is 4.79 Å². The van der Waals surface area contributed by atoms with Crippen molar-refractivity contribution in [1.82, 2.24) is 15.2 Å². The van der Waals surface area contributed by atoms with Gasteiger partial charge < -0.3 is 10.2 Å². The van der Waals surface area contributed by atoms with Gasteiger partial charge in [-0.1, -0.05) is 6.07 Å². The van der Waals surface area contributed by atoms with Crippen LogP contribution in [0.1, 0.15) is 37.7 Å². The lowest BCUT2D eigenvalue weighted by molar-refractivity contribution is -0.131. The number of nitrogens with zero attached hydrogens (tertiary/aromatic N) is 2. The van der Waals surface area contributed by atoms with Crippen molar-refractivity contribution in [3.63, 3.8) is 0 Å². The molecule has 4 heteroatoms. The van der Waals surface area contributed by atoms with Crippen LogP contribution < -0.4 is 5.32 Å². The van der Waals surface area contributed by atoms with E-state index in [1.807, 2.05) is 18.3 Å². The van der Waals surface area contributed by atoms with Crippen LogP contribution in [0.15, 0.2) is 24.5 Å². The van der Waals surface area contributed by atoms with E-state index in [1.165, 1.54) is 25.7 Å². The molecule has 114 valence electrons. The highest BCUT2D eigenvalue weighted by atomic mass is 16.2. The molecule has 3 rings (SSSR count). The molecule has 1 aliphatic heterocycles. The Balaban J connectivity index is 1.52. The molecule has 1 unspecified atom stereocenters. The van der Waals surface area contributed by atoms with Crippen LogP contribution in [0, 0.1) is 5.92 Å². The van der Waals surface area contributed by atoms with Gasteiger partial charge in [-0.3, -0.25) is 9.78 Å². The van der Waals surface area contributed by atoms with E-state index in [0.29, 0.717) is 18.4 Å². The first-order valence-electron chi connectivity index (χ1n) is 8.21. The minimum Gasteiger partial charge on any atom is -0.341 e. The van der Waals surface area contributed by atoms with Gasteiger partial charge in [0.25, 0.3) is 0 Å². The van der Waals surface area contributed by atoms with E-state index in [0.717, 1.165) is 37.5 Å². The molecule has 1 amide bonds. The maximum atomic E-state index is 12.5. The van der Waals surface area contributed by atoms with Crippen LogP contribution in [-0.4, -0.2) is 41.5 Å². The van der Waals surface area contributed by atoms with E-state index in [2.05, 4.69) is 15.2 Å². The van der Waals surface area contributed by atoms with Crippen LogP contribution in [0.5, 0.6) is 0 Å². The molecule has 1 saturated heterocycles. The first-order chi connectivity index (χ1) is 10.3. The molecule has 1 saturated carbocycles. The predicted molar refractivity (Wildman–Crippen MR) is 82.9 cm³/mol. The summed E-state index contributed by atoms with van der Waals surface area (Å²) in [5, 5.41) is 3.51. The minimum absolute atomic E-state index is 0.305. The average Bonchev–Trinajstić information content (AvgIpc) is 3.18. The fourth-order valence-electron chi connectivity index (χ4n) is 3.02. The van der Waals surface area contributed by atoms with Crippen LogP contribution in [0.3, 0.4) is 0 Å². The Hall–Kier alpha value is -1.42. The van der Waals surface area contributed by atoms with Gasteiger partial charge in [0.15, 0.2) is 0 Å². The second-order valence-corrected chi connectivity index (χ2v) is 6.40. The predicted octanol–water partition coefficient (Wildman–Crippen LogP) is 2.00. The van der Waals surface area contributed by atoms with Crippen LogP contribution in [0.4, 0.5) is 0 Å². The number of rotatable bonds is 7. The van der Waals surface area contributed by atoms with E-state index in [4.69, 9.17) is 0 Å². The van der Waals surface area contributed by atoms with E-state index in [1.54, 1.807) is 6.20 Å². The zero-order valence-electron chi connectivity index (χ0n) is 12.6. The Morgan fingerprint density at radius 2 is 2.24 bits per heavy atom. The lowest BCUT2D eigenvalue weighted by Gasteiger charge is -2.26. The Labute approximate surface area is 126 Å². The monoisotopic (exact) mass is 287 g/mol. The number of hydrogen-bond donors (Lipinski definition) is 1. The van der Waals surface area contributed by atoms with Crippen molar-refractivity contribution in [2.45, 2.75) is 44.6 Å². The summed E-state index contributed by atoms with van der Waals surface area (Å²) >= 11 is 0. The number of nitrogens with one attached hydrogen (secondary N) is 1. The Morgan fingerprint density at radius 3 is 2.90 bits per heavy atom. The van der Waals surface area contributed by atoms with E-state index in [-0.39, 0.29) is 0 Å². The average molecular weight is 287 g/mol. The number of aromatic nitrogens is 1. The third-order valence-corrected chi connectivity index (χ3v) is 4.48. The molecule has 0 aromatic carbocycles. The minimum atomic E-state index is 0.305. The van der Waals surface area contributed by atoms with Crippen molar-refractivity contribution >= 4 is 5.91 Å². The lowest BCUT2D eigenvalue weighted by Crippen LogP contribution is -2.42. The molecule has 4 nitrogen and oxygen atoms in total. The zero-order chi connectivity index (χ0) is 14.5. The molecular formula is C17H25N3O. The van der Waals surface area contributed by atoms with Crippen molar-refractivity contribution in [1.29, 1.82) is 0 Å². The van der Waals surface area contributed by atoms with Gasteiger partial charge in [0.05, 0.1) is 0 Å². The van der Waals surface area contributed by atoms with E-state index in [9.17, 15) is 4.79 Å². The Bertz CT molecular complexity index is 452. The number of amides is 1. The summed E-state index contributed by atoms with van der Waals surface area (Å²) in [5.41, 5.74) is 1.15. The molecule has 1 N–H and O–H groups in total. The molecule has 0 spiro atoms. The van der Waals surface area contributed by atoms with Crippen LogP contribution in [0.25, 0.3) is 0 Å². The highest BCUT2D eigenvalue weighted by Gasteiger charge is 2.28. The molecule has 21 heavy (non-hydrogen) atoms. The topological polar surface area (TPSA) is 45.2 Å². The van der Waals surface area contributed by atoms with Crippen molar-refractivity contribution in [3.05, 3.63) is 30.1 Å². The number of aryl methyl sites for hydroxylation is 1. The van der Waals surface area contributed by atoms with Gasteiger partial charge in [0, 0.05) is 37.9 Å². The number of carbonyl (C=O) groups is 1. The molecule has 1 atom stereocenters. The van der Waals surface area contributed by atoms with Gasteiger partial charge in [0.2, 0.25) is 5.91 Å². The summed E-state index contributed by atoms with van der Waals surface area (Å²) in [6, 6.07) is 4.49. The molecule has 2 fully saturated rings. The third kappa shape index (κ3) is 4.53. The highest BCUT2D eigenvalue weighted by Crippen LogP contribution is 2.30. The van der Waals surface area contributed by atoms with Crippen molar-refractivity contribution in [2.24, 2.45) is 5.92 Å². The van der Waals surface area contributed by atoms with Crippen LogP contribution in [-0.2, 0) is 11.2 Å². The first kappa shape index (κ1) is 14.5. The maximum Gasteiger partial charge on any atom is 0.222 e. The fraction of sp³-hybridized carbons (Fsp3) is 0.647. The van der Waals surface area contributed by atoms with Gasteiger partial charge in [-0.25, -0.2) is 0 Å². The van der Waals surface area contributed by atoms with Gasteiger partial charge in [-0.15, -0.1) is 0 Å². The van der Waals surface area contributed by atoms with Gasteiger partial charge in [0.1, 0.15) is 0 Å². The molecule has 2 aliphatic rings. The molecule has 1 aromatic rings. The quantitative estimate of drug-likeness (QED) is 0.834. The summed E-state index contributed by atoms with van der Waals surface area (Å²) in [4.78, 5) is 18.8. The first-order valence-corrected chi connectivity index (χ1v) is 8.21. The summed E-state index contributed by atoms with van der Waals surface area (Å²) < 4.78 is 0. The van der Waals surface area contributed by atoms with Gasteiger partial charge >= 0.3 is 0 Å². The highest BCUT2D eigenvalue weighted by molar-refractivity contribution is 5.76. The molecule has 0 radical (unpaired) electrons. The fourth-order valence-corrected chi connectivity index (χ4v) is 3.02. The van der Waals surface area contributed by atoms with Crippen LogP contribution in [0.2, 0.25) is 0 Å². The van der Waals surface area contributed by atoms with E-state index < -0.39 is 0 Å². The maximum absolute atomic E-state index is 12.5. The summed E-state index contributed by atoms with van der Waals surface area (Å²) in [5.74, 6) is 1.06. The zero-order valence-corrected chi connectivity index (χ0v) is 12.6. The molecule has 1 aliphatic carbocycles. The third-order valence-electron chi connectivity index (χ3n) is 4.48. The lowest BCUT2D eigenvalue weighted by atomic mass is 10.1. The Kier molecular flexibility index (Phi) is 4.86. The Morgan fingerprint density at radius 1 is 1.33 bits per heavy atom. The number of carbonyl (C=O) groups excluding carboxylic acids is 1. The second kappa shape index (κ2) is 7.03. The summed E-state index contributed by atoms with van der Waals surface area (Å²) in [6.45, 7) is 2.96.